The Kier molecular flexibility index (Phi) is 8.00. The van der Waals surface area contributed by atoms with Crippen LogP contribution < -0.4 is 31.0 Å². The van der Waals surface area contributed by atoms with E-state index in [1.807, 2.05) is 16.7 Å². The molecule has 0 bridgehead atoms. The molecule has 2 aliphatic heterocycles. The number of carbonyl (C=O) groups excluding carboxylic acids is 2. The molecule has 1 fully saturated rings. The van der Waals surface area contributed by atoms with E-state index in [9.17, 15) is 9.59 Å². The van der Waals surface area contributed by atoms with Gasteiger partial charge in [-0.25, -0.2) is 14.8 Å². The zero-order valence-corrected chi connectivity index (χ0v) is 22.1. The molecule has 0 radical (unpaired) electrons. The van der Waals surface area contributed by atoms with E-state index in [2.05, 4.69) is 30.8 Å². The van der Waals surface area contributed by atoms with Crippen molar-refractivity contribution in [3.05, 3.63) is 28.8 Å². The van der Waals surface area contributed by atoms with Crippen LogP contribution in [-0.2, 0) is 11.3 Å². The minimum atomic E-state index is -0.561. The number of morpholine rings is 1. The van der Waals surface area contributed by atoms with Gasteiger partial charge in [0, 0.05) is 50.5 Å². The van der Waals surface area contributed by atoms with Crippen LogP contribution in [-0.4, -0.2) is 91.5 Å². The Morgan fingerprint density at radius 1 is 1.24 bits per heavy atom. The summed E-state index contributed by atoms with van der Waals surface area (Å²) < 4.78 is 19.1. The Morgan fingerprint density at radius 3 is 2.87 bits per heavy atom. The summed E-state index contributed by atoms with van der Waals surface area (Å²) in [5.41, 5.74) is 0.901. The van der Waals surface area contributed by atoms with E-state index < -0.39 is 11.9 Å². The predicted octanol–water partition coefficient (Wildman–Crippen LogP) is 1.52. The number of anilines is 2. The number of aromatic nitrogens is 3. The van der Waals surface area contributed by atoms with Gasteiger partial charge in [-0.1, -0.05) is 0 Å². The quantitative estimate of drug-likeness (QED) is 0.361. The Balaban J connectivity index is 1.41. The van der Waals surface area contributed by atoms with Crippen LogP contribution in [0.1, 0.15) is 16.9 Å². The van der Waals surface area contributed by atoms with Gasteiger partial charge < -0.3 is 24.8 Å². The zero-order valence-electron chi connectivity index (χ0n) is 21.3. The van der Waals surface area contributed by atoms with Crippen LogP contribution in [0.2, 0.25) is 0 Å². The predicted molar refractivity (Wildman–Crippen MR) is 142 cm³/mol. The lowest BCUT2D eigenvalue weighted by Gasteiger charge is -2.26. The molecular weight excluding hydrogens is 512 g/mol. The number of hydrogen-bond acceptors (Lipinski definition) is 10. The van der Waals surface area contributed by atoms with Gasteiger partial charge in [0.2, 0.25) is 5.62 Å². The molecular formula is C24H30N8O5S. The number of benzene rings is 1. The lowest BCUT2D eigenvalue weighted by atomic mass is 10.2. The van der Waals surface area contributed by atoms with Crippen LogP contribution in [0.15, 0.2) is 22.5 Å². The normalized spacial score (nSPS) is 15.7. The topological polar surface area (TPSA) is 144 Å². The third kappa shape index (κ3) is 5.56. The molecule has 202 valence electrons. The van der Waals surface area contributed by atoms with E-state index in [1.54, 1.807) is 12.5 Å². The summed E-state index contributed by atoms with van der Waals surface area (Å²) in [5.74, 6) is 1.31. The number of amides is 3. The maximum atomic E-state index is 13.0. The van der Waals surface area contributed by atoms with Crippen molar-refractivity contribution in [1.82, 2.24) is 24.8 Å². The molecule has 2 aromatic heterocycles. The fourth-order valence-corrected chi connectivity index (χ4v) is 5.06. The average Bonchev–Trinajstić information content (AvgIpc) is 3.62. The highest BCUT2D eigenvalue weighted by atomic mass is 32.1. The van der Waals surface area contributed by atoms with Crippen molar-refractivity contribution in [2.24, 2.45) is 4.99 Å². The molecule has 0 atom stereocenters. The summed E-state index contributed by atoms with van der Waals surface area (Å²) in [6.45, 7) is 6.18. The molecule has 0 aliphatic carbocycles. The third-order valence-corrected chi connectivity index (χ3v) is 7.02. The highest BCUT2D eigenvalue weighted by Crippen LogP contribution is 2.37. The number of nitrogens with one attached hydrogen (secondary N) is 3. The second kappa shape index (κ2) is 11.8. The lowest BCUT2D eigenvalue weighted by molar-refractivity contribution is 0.0357. The smallest absolute Gasteiger partial charge is 0.320 e. The highest BCUT2D eigenvalue weighted by molar-refractivity contribution is 7.14. The van der Waals surface area contributed by atoms with Gasteiger partial charge in [0.1, 0.15) is 17.0 Å². The molecule has 1 saturated heterocycles. The van der Waals surface area contributed by atoms with Crippen LogP contribution in [0.25, 0.3) is 10.9 Å². The second-order valence-electron chi connectivity index (χ2n) is 8.65. The number of thiazole rings is 1. The van der Waals surface area contributed by atoms with Gasteiger partial charge in [0.15, 0.2) is 16.6 Å². The van der Waals surface area contributed by atoms with Gasteiger partial charge in [-0.15, -0.1) is 11.3 Å². The number of nitrogens with zero attached hydrogens (tertiary/aromatic N) is 5. The summed E-state index contributed by atoms with van der Waals surface area (Å²) in [4.78, 5) is 40.0. The lowest BCUT2D eigenvalue weighted by Crippen LogP contribution is -2.37. The monoisotopic (exact) mass is 542 g/mol. The number of rotatable bonds is 8. The van der Waals surface area contributed by atoms with Crippen molar-refractivity contribution in [1.29, 1.82) is 0 Å². The van der Waals surface area contributed by atoms with Gasteiger partial charge in [0.25, 0.3) is 5.91 Å². The summed E-state index contributed by atoms with van der Waals surface area (Å²) in [6, 6.07) is 3.41. The van der Waals surface area contributed by atoms with Gasteiger partial charge in [0.05, 0.1) is 26.9 Å². The maximum absolute atomic E-state index is 13.0. The second-order valence-corrected chi connectivity index (χ2v) is 9.51. The molecule has 1 aromatic carbocycles. The summed E-state index contributed by atoms with van der Waals surface area (Å²) in [6.07, 6.45) is 0.871. The van der Waals surface area contributed by atoms with Gasteiger partial charge >= 0.3 is 6.03 Å². The van der Waals surface area contributed by atoms with Gasteiger partial charge in [-0.3, -0.25) is 19.6 Å². The molecule has 2 aliphatic rings. The molecule has 3 N–H and O–H groups in total. The molecule has 0 saturated carbocycles. The Labute approximate surface area is 222 Å². The number of urea groups is 1. The zero-order chi connectivity index (χ0) is 26.5. The number of carbonyl (C=O) groups is 2. The molecule has 4 heterocycles. The Hall–Kier alpha value is -3.75. The number of fused-ring (bicyclic) bond motifs is 3. The Morgan fingerprint density at radius 2 is 2.08 bits per heavy atom. The first-order chi connectivity index (χ1) is 18.6. The highest BCUT2D eigenvalue weighted by Gasteiger charge is 2.21. The van der Waals surface area contributed by atoms with E-state index in [0.29, 0.717) is 41.8 Å². The maximum Gasteiger partial charge on any atom is 0.320 e. The first-order valence-corrected chi connectivity index (χ1v) is 13.3. The molecule has 38 heavy (non-hydrogen) atoms. The van der Waals surface area contributed by atoms with Crippen molar-refractivity contribution in [3.8, 4) is 11.5 Å². The SMILES string of the molecule is CNC(=O)Nc1nc(C(=O)N=c2nc3c(OC)c(OCCCN4CCOCC4)ccc3c3n2CCN3)cs1. The summed E-state index contributed by atoms with van der Waals surface area (Å²) in [7, 11) is 3.07. The van der Waals surface area contributed by atoms with Crippen LogP contribution in [0, 0.1) is 0 Å². The van der Waals surface area contributed by atoms with Crippen molar-refractivity contribution in [2.45, 2.75) is 13.0 Å². The van der Waals surface area contributed by atoms with E-state index >= 15 is 0 Å². The largest absolute Gasteiger partial charge is 0.491 e. The standard InChI is InChI=1S/C24H30N8O5S/c1-25-23(34)30-24-27-16(14-38-24)21(33)29-22-28-18-15(20-26-6-8-32(20)22)4-5-17(19(18)35-2)37-11-3-7-31-9-12-36-13-10-31/h4-5,14,26H,3,6-13H2,1-2H3,(H2,25,27,30,34). The molecule has 3 amide bonds. The molecule has 0 unspecified atom stereocenters. The van der Waals surface area contributed by atoms with Crippen LogP contribution in [0.3, 0.4) is 0 Å². The first kappa shape index (κ1) is 25.9. The van der Waals surface area contributed by atoms with Crippen LogP contribution in [0.4, 0.5) is 15.7 Å². The molecule has 13 nitrogen and oxygen atoms in total. The summed E-state index contributed by atoms with van der Waals surface area (Å²) >= 11 is 1.14. The van der Waals surface area contributed by atoms with E-state index in [1.165, 1.54) is 7.05 Å². The minimum Gasteiger partial charge on any atom is -0.491 e. The van der Waals surface area contributed by atoms with E-state index in [4.69, 9.17) is 19.2 Å². The van der Waals surface area contributed by atoms with E-state index in [0.717, 1.165) is 61.8 Å². The van der Waals surface area contributed by atoms with Crippen molar-refractivity contribution in [3.63, 3.8) is 0 Å². The van der Waals surface area contributed by atoms with Gasteiger partial charge in [-0.05, 0) is 18.6 Å². The molecule has 5 rings (SSSR count). The fourth-order valence-electron chi connectivity index (χ4n) is 4.38. The van der Waals surface area contributed by atoms with Crippen molar-refractivity contribution < 1.29 is 23.8 Å². The Bertz CT molecular complexity index is 1400. The van der Waals surface area contributed by atoms with Crippen molar-refractivity contribution in [2.75, 3.05) is 70.8 Å². The molecule has 3 aromatic rings. The third-order valence-electron chi connectivity index (χ3n) is 6.26. The fraction of sp³-hybridized carbons (Fsp3) is 0.458. The first-order valence-electron chi connectivity index (χ1n) is 12.4. The van der Waals surface area contributed by atoms with E-state index in [-0.39, 0.29) is 11.3 Å². The number of methoxy groups -OCH3 is 1. The van der Waals surface area contributed by atoms with Crippen molar-refractivity contribution >= 4 is 45.1 Å². The average molecular weight is 543 g/mol. The summed E-state index contributed by atoms with van der Waals surface area (Å²) in [5, 5.41) is 11.0. The van der Waals surface area contributed by atoms with Crippen LogP contribution >= 0.6 is 11.3 Å². The number of hydrogen-bond donors (Lipinski definition) is 3. The minimum absolute atomic E-state index is 0.118. The number of ether oxygens (including phenoxy) is 3. The van der Waals surface area contributed by atoms with Crippen LogP contribution in [0.5, 0.6) is 11.5 Å². The molecule has 0 spiro atoms. The molecule has 14 heteroatoms. The van der Waals surface area contributed by atoms with Gasteiger partial charge in [-0.2, -0.15) is 4.99 Å².